The van der Waals surface area contributed by atoms with Gasteiger partial charge in [-0.1, -0.05) is 32.9 Å². The normalized spacial score (nSPS) is 15.3. The zero-order valence-electron chi connectivity index (χ0n) is 13.2. The second-order valence-electron chi connectivity index (χ2n) is 6.50. The molecule has 0 saturated heterocycles. The van der Waals surface area contributed by atoms with Crippen molar-refractivity contribution in [2.45, 2.75) is 52.4 Å². The van der Waals surface area contributed by atoms with Gasteiger partial charge in [-0.05, 0) is 30.0 Å². The van der Waals surface area contributed by atoms with Gasteiger partial charge in [-0.25, -0.2) is 0 Å². The quantitative estimate of drug-likeness (QED) is 0.890. The Morgan fingerprint density at radius 2 is 1.86 bits per heavy atom. The number of amides is 1. The fraction of sp³-hybridized carbons (Fsp3) is 0.562. The highest BCUT2D eigenvalue weighted by Crippen LogP contribution is 2.30. The topological polar surface area (TPSA) is 49.3 Å². The lowest BCUT2D eigenvalue weighted by Gasteiger charge is -2.26. The zero-order chi connectivity index (χ0) is 17.1. The average Bonchev–Trinajstić information content (AvgIpc) is 2.36. The first kappa shape index (κ1) is 18.5. The van der Waals surface area contributed by atoms with E-state index in [4.69, 9.17) is 0 Å². The van der Waals surface area contributed by atoms with Gasteiger partial charge in [0.05, 0.1) is 24.1 Å². The highest BCUT2D eigenvalue weighted by Gasteiger charge is 2.31. The van der Waals surface area contributed by atoms with E-state index < -0.39 is 35.2 Å². The van der Waals surface area contributed by atoms with Crippen LogP contribution in [0.3, 0.4) is 0 Å². The number of carbonyl (C=O) groups excluding carboxylic acids is 1. The molecule has 1 rings (SSSR count). The van der Waals surface area contributed by atoms with E-state index in [0.29, 0.717) is 5.56 Å². The molecule has 0 aromatic heterocycles. The van der Waals surface area contributed by atoms with Crippen LogP contribution in [0.25, 0.3) is 0 Å². The van der Waals surface area contributed by atoms with Crippen LogP contribution in [-0.4, -0.2) is 17.1 Å². The highest BCUT2D eigenvalue weighted by molar-refractivity contribution is 5.77. The summed E-state index contributed by atoms with van der Waals surface area (Å²) in [6.45, 7) is 7.03. The molecule has 1 aromatic rings. The van der Waals surface area contributed by atoms with Crippen molar-refractivity contribution in [2.24, 2.45) is 5.41 Å². The molecule has 0 saturated carbocycles. The third-order valence-electron chi connectivity index (χ3n) is 3.47. The van der Waals surface area contributed by atoms with Gasteiger partial charge < -0.3 is 10.4 Å². The molecule has 2 atom stereocenters. The molecular weight excluding hydrogens is 295 g/mol. The van der Waals surface area contributed by atoms with Crippen molar-refractivity contribution in [1.29, 1.82) is 0 Å². The summed E-state index contributed by atoms with van der Waals surface area (Å²) in [5.41, 5.74) is -0.814. The molecule has 1 unspecified atom stereocenters. The fourth-order valence-corrected chi connectivity index (χ4v) is 1.85. The first-order valence-corrected chi connectivity index (χ1v) is 7.06. The summed E-state index contributed by atoms with van der Waals surface area (Å²) in [6, 6.07) is 4.28. The van der Waals surface area contributed by atoms with E-state index >= 15 is 0 Å². The molecule has 0 aliphatic carbocycles. The predicted molar refractivity (Wildman–Crippen MR) is 78.1 cm³/mol. The van der Waals surface area contributed by atoms with Crippen LogP contribution in [0.4, 0.5) is 13.2 Å². The monoisotopic (exact) mass is 317 g/mol. The lowest BCUT2D eigenvalue weighted by atomic mass is 9.87. The van der Waals surface area contributed by atoms with Gasteiger partial charge in [0.15, 0.2) is 0 Å². The van der Waals surface area contributed by atoms with Crippen LogP contribution in [0.2, 0.25) is 0 Å². The Morgan fingerprint density at radius 3 is 2.36 bits per heavy atom. The molecule has 0 aliphatic heterocycles. The Kier molecular flexibility index (Phi) is 5.62. The second-order valence-corrected chi connectivity index (χ2v) is 6.50. The Bertz CT molecular complexity index is 521. The number of hydrogen-bond donors (Lipinski definition) is 2. The van der Waals surface area contributed by atoms with Crippen molar-refractivity contribution < 1.29 is 23.1 Å². The van der Waals surface area contributed by atoms with Crippen LogP contribution in [0, 0.1) is 5.41 Å². The van der Waals surface area contributed by atoms with E-state index in [9.17, 15) is 23.1 Å². The summed E-state index contributed by atoms with van der Waals surface area (Å²) in [4.78, 5) is 11.9. The summed E-state index contributed by atoms with van der Waals surface area (Å²) in [7, 11) is 0. The fourth-order valence-electron chi connectivity index (χ4n) is 1.85. The van der Waals surface area contributed by atoms with Gasteiger partial charge in [0.1, 0.15) is 0 Å². The molecule has 0 aliphatic rings. The van der Waals surface area contributed by atoms with Crippen molar-refractivity contribution in [2.75, 3.05) is 0 Å². The number of aliphatic hydroxyl groups excluding tert-OH is 1. The van der Waals surface area contributed by atoms with E-state index in [1.807, 2.05) is 0 Å². The molecule has 1 amide bonds. The van der Waals surface area contributed by atoms with Crippen LogP contribution >= 0.6 is 0 Å². The van der Waals surface area contributed by atoms with E-state index in [-0.39, 0.29) is 6.42 Å². The number of hydrogen-bond acceptors (Lipinski definition) is 2. The van der Waals surface area contributed by atoms with Gasteiger partial charge in [0.25, 0.3) is 0 Å². The molecule has 2 N–H and O–H groups in total. The average molecular weight is 317 g/mol. The smallest absolute Gasteiger partial charge is 0.392 e. The minimum atomic E-state index is -4.41. The highest BCUT2D eigenvalue weighted by atomic mass is 19.4. The number of benzene rings is 1. The maximum absolute atomic E-state index is 12.7. The SMILES string of the molecule is C[C@H](NC(=O)CC(O)C(C)(C)C)c1cccc(C(F)(F)F)c1. The molecule has 1 aromatic carbocycles. The van der Waals surface area contributed by atoms with Crippen LogP contribution < -0.4 is 5.32 Å². The number of carbonyl (C=O) groups is 1. The van der Waals surface area contributed by atoms with Gasteiger partial charge in [0, 0.05) is 0 Å². The Hall–Kier alpha value is -1.56. The minimum Gasteiger partial charge on any atom is -0.392 e. The van der Waals surface area contributed by atoms with E-state index in [1.54, 1.807) is 27.7 Å². The summed E-state index contributed by atoms with van der Waals surface area (Å²) in [6.07, 6.45) is -5.32. The van der Waals surface area contributed by atoms with Gasteiger partial charge in [-0.15, -0.1) is 0 Å². The third-order valence-corrected chi connectivity index (χ3v) is 3.47. The Balaban J connectivity index is 2.73. The van der Waals surface area contributed by atoms with Crippen molar-refractivity contribution in [3.8, 4) is 0 Å². The summed E-state index contributed by atoms with van der Waals surface area (Å²) >= 11 is 0. The molecule has 6 heteroatoms. The van der Waals surface area contributed by atoms with Crippen LogP contribution in [-0.2, 0) is 11.0 Å². The number of rotatable bonds is 4. The van der Waals surface area contributed by atoms with E-state index in [0.717, 1.165) is 12.1 Å². The molecule has 0 bridgehead atoms. The molecule has 0 spiro atoms. The van der Waals surface area contributed by atoms with Crippen molar-refractivity contribution >= 4 is 5.91 Å². The van der Waals surface area contributed by atoms with Gasteiger partial charge in [-0.3, -0.25) is 4.79 Å². The largest absolute Gasteiger partial charge is 0.416 e. The molecule has 124 valence electrons. The first-order valence-electron chi connectivity index (χ1n) is 7.06. The third kappa shape index (κ3) is 5.33. The zero-order valence-corrected chi connectivity index (χ0v) is 13.2. The second kappa shape index (κ2) is 6.69. The molecule has 0 radical (unpaired) electrons. The maximum Gasteiger partial charge on any atom is 0.416 e. The summed E-state index contributed by atoms with van der Waals surface area (Å²) < 4.78 is 38.0. The van der Waals surface area contributed by atoms with Gasteiger partial charge >= 0.3 is 6.18 Å². The summed E-state index contributed by atoms with van der Waals surface area (Å²) in [5, 5.41) is 12.5. The predicted octanol–water partition coefficient (Wildman–Crippen LogP) is 3.68. The van der Waals surface area contributed by atoms with Crippen LogP contribution in [0.15, 0.2) is 24.3 Å². The van der Waals surface area contributed by atoms with Gasteiger partial charge in [0.2, 0.25) is 5.91 Å². The lowest BCUT2D eigenvalue weighted by Crippen LogP contribution is -2.35. The molecule has 22 heavy (non-hydrogen) atoms. The van der Waals surface area contributed by atoms with Crippen molar-refractivity contribution in [1.82, 2.24) is 5.32 Å². The first-order chi connectivity index (χ1) is 9.91. The lowest BCUT2D eigenvalue weighted by molar-refractivity contribution is -0.137. The van der Waals surface area contributed by atoms with Gasteiger partial charge in [-0.2, -0.15) is 13.2 Å². The maximum atomic E-state index is 12.7. The molecular formula is C16H22F3NO2. The molecule has 3 nitrogen and oxygen atoms in total. The van der Waals surface area contributed by atoms with E-state index in [1.165, 1.54) is 12.1 Å². The van der Waals surface area contributed by atoms with Crippen LogP contribution in [0.1, 0.15) is 51.3 Å². The van der Waals surface area contributed by atoms with Crippen LogP contribution in [0.5, 0.6) is 0 Å². The number of halogens is 3. The Morgan fingerprint density at radius 1 is 1.27 bits per heavy atom. The number of aliphatic hydroxyl groups is 1. The summed E-state index contributed by atoms with van der Waals surface area (Å²) in [5.74, 6) is -0.396. The standard InChI is InChI=1S/C16H22F3NO2/c1-10(20-14(22)9-13(21)15(2,3)4)11-6-5-7-12(8-11)16(17,18)19/h5-8,10,13,21H,9H2,1-4H3,(H,20,22)/t10-,13?/m0/s1. The number of nitrogens with one attached hydrogen (secondary N) is 1. The van der Waals surface area contributed by atoms with Crippen molar-refractivity contribution in [3.05, 3.63) is 35.4 Å². The minimum absolute atomic E-state index is 0.0905. The van der Waals surface area contributed by atoms with Crippen molar-refractivity contribution in [3.63, 3.8) is 0 Å². The molecule has 0 heterocycles. The Labute approximate surface area is 128 Å². The molecule has 0 fully saturated rings. The number of alkyl halides is 3. The van der Waals surface area contributed by atoms with E-state index in [2.05, 4.69) is 5.32 Å².